The van der Waals surface area contributed by atoms with Gasteiger partial charge in [-0.05, 0) is 97.4 Å². The number of nitrogens with zero attached hydrogens (tertiary/aromatic N) is 5. The zero-order chi connectivity index (χ0) is 32.0. The van der Waals surface area contributed by atoms with Crippen LogP contribution in [0.4, 0.5) is 10.1 Å². The normalized spacial score (nSPS) is 25.7. The summed E-state index contributed by atoms with van der Waals surface area (Å²) in [5.41, 5.74) is 3.49. The lowest BCUT2D eigenvalue weighted by Crippen LogP contribution is -2.57. The number of fused-ring (bicyclic) bond motifs is 3. The highest BCUT2D eigenvalue weighted by Crippen LogP contribution is 2.61. The van der Waals surface area contributed by atoms with Crippen LogP contribution in [-0.2, 0) is 13.0 Å². The molecule has 1 saturated heterocycles. The molecule has 0 amide bonds. The molecule has 3 heterocycles. The summed E-state index contributed by atoms with van der Waals surface area (Å²) >= 11 is 0. The first-order valence-corrected chi connectivity index (χ1v) is 16.7. The van der Waals surface area contributed by atoms with Crippen LogP contribution >= 0.6 is 0 Å². The second-order valence-electron chi connectivity index (χ2n) is 14.1. The van der Waals surface area contributed by atoms with Gasteiger partial charge in [0.1, 0.15) is 11.6 Å². The van der Waals surface area contributed by atoms with E-state index < -0.39 is 0 Å². The predicted molar refractivity (Wildman–Crippen MR) is 182 cm³/mol. The predicted octanol–water partition coefficient (Wildman–Crippen LogP) is 5.97. The second kappa shape index (κ2) is 12.2. The fraction of sp³-hybridized carbons (Fsp3) is 0.459. The van der Waals surface area contributed by atoms with Gasteiger partial charge in [-0.3, -0.25) is 14.3 Å². The molecule has 5 unspecified atom stereocenters. The van der Waals surface area contributed by atoms with Crippen LogP contribution in [0.2, 0.25) is 0 Å². The van der Waals surface area contributed by atoms with Gasteiger partial charge in [0, 0.05) is 55.9 Å². The Kier molecular flexibility index (Phi) is 8.13. The molecule has 2 bridgehead atoms. The smallest absolute Gasteiger partial charge is 0.261 e. The highest BCUT2D eigenvalue weighted by atomic mass is 19.1. The zero-order valence-corrected chi connectivity index (χ0v) is 27.2. The third-order valence-electron chi connectivity index (χ3n) is 10.9. The van der Waals surface area contributed by atoms with E-state index in [9.17, 15) is 9.18 Å². The van der Waals surface area contributed by atoms with Gasteiger partial charge in [-0.15, -0.1) is 0 Å². The van der Waals surface area contributed by atoms with Crippen LogP contribution in [0.5, 0.6) is 0 Å². The Morgan fingerprint density at radius 1 is 1.13 bits per heavy atom. The first-order valence-electron chi connectivity index (χ1n) is 16.7. The van der Waals surface area contributed by atoms with E-state index in [-0.39, 0.29) is 17.4 Å². The average molecular weight is 622 g/mol. The van der Waals surface area contributed by atoms with Crippen LogP contribution in [0.15, 0.2) is 76.8 Å². The first kappa shape index (κ1) is 30.5. The molecule has 4 aromatic rings. The van der Waals surface area contributed by atoms with Crippen LogP contribution in [0.25, 0.3) is 22.3 Å². The van der Waals surface area contributed by atoms with Crippen molar-refractivity contribution in [3.63, 3.8) is 0 Å². The van der Waals surface area contributed by atoms with Crippen molar-refractivity contribution in [1.29, 1.82) is 0 Å². The quantitative estimate of drug-likeness (QED) is 0.204. The molecule has 46 heavy (non-hydrogen) atoms. The number of aliphatic imine (C=N–C) groups is 1. The van der Waals surface area contributed by atoms with E-state index in [0.29, 0.717) is 53.0 Å². The van der Waals surface area contributed by atoms with E-state index in [1.807, 2.05) is 30.3 Å². The first-order chi connectivity index (χ1) is 22.2. The van der Waals surface area contributed by atoms with Gasteiger partial charge in [0.25, 0.3) is 5.56 Å². The molecule has 4 aliphatic rings. The molecule has 2 N–H and O–H groups in total. The monoisotopic (exact) mass is 621 g/mol. The number of pyridine rings is 1. The number of halogens is 1. The SMILES string of the molecule is CC1CN(C(=NC2CC3CC(C2C)C3(C)C)Nc2ccc3c(=O)n(CCc4ccc(F)cc4)c(-c4cccnc4)nc3c2)CCN1. The maximum atomic E-state index is 14.0. The van der Waals surface area contributed by atoms with Gasteiger partial charge in [0.05, 0.1) is 16.9 Å². The number of anilines is 1. The fourth-order valence-corrected chi connectivity index (χ4v) is 8.01. The Morgan fingerprint density at radius 3 is 2.67 bits per heavy atom. The van der Waals surface area contributed by atoms with E-state index in [1.165, 1.54) is 18.6 Å². The fourth-order valence-electron chi connectivity index (χ4n) is 8.01. The lowest BCUT2D eigenvalue weighted by Gasteiger charge is -2.61. The van der Waals surface area contributed by atoms with Crippen molar-refractivity contribution in [2.45, 2.75) is 65.6 Å². The number of aryl methyl sites for hydroxylation is 1. The number of hydrogen-bond acceptors (Lipinski definition) is 5. The molecule has 240 valence electrons. The minimum atomic E-state index is -0.276. The molecule has 0 spiro atoms. The zero-order valence-electron chi connectivity index (χ0n) is 27.2. The Labute approximate surface area is 270 Å². The highest BCUT2D eigenvalue weighted by molar-refractivity contribution is 5.96. The van der Waals surface area contributed by atoms with Crippen LogP contribution in [0, 0.1) is 29.0 Å². The molecule has 8 rings (SSSR count). The van der Waals surface area contributed by atoms with E-state index in [2.05, 4.69) is 48.2 Å². The summed E-state index contributed by atoms with van der Waals surface area (Å²) in [6.45, 7) is 12.5. The molecule has 1 aliphatic heterocycles. The van der Waals surface area contributed by atoms with Crippen LogP contribution < -0.4 is 16.2 Å². The average Bonchev–Trinajstić information content (AvgIpc) is 3.05. The Bertz CT molecular complexity index is 1800. The van der Waals surface area contributed by atoms with E-state index in [0.717, 1.165) is 54.7 Å². The van der Waals surface area contributed by atoms with Gasteiger partial charge in [-0.2, -0.15) is 0 Å². The third-order valence-corrected chi connectivity index (χ3v) is 10.9. The van der Waals surface area contributed by atoms with Crippen molar-refractivity contribution in [2.24, 2.45) is 28.2 Å². The molecule has 0 radical (unpaired) electrons. The summed E-state index contributed by atoms with van der Waals surface area (Å²) in [4.78, 5) is 31.1. The maximum absolute atomic E-state index is 14.0. The lowest BCUT2D eigenvalue weighted by atomic mass is 9.45. The van der Waals surface area contributed by atoms with Crippen LogP contribution in [-0.4, -0.2) is 57.1 Å². The standard InChI is InChI=1S/C37H44FN7O/c1-23-22-44(17-15-40-23)36(43-32-19-27-18-31(24(32)2)37(27,3)4)41-29-11-12-30-33(20-29)42-34(26-6-5-14-39-21-26)45(35(30)46)16-13-25-7-9-28(38)10-8-25/h5-12,14,20-21,23-24,27,31-32,40H,13,15-19,22H2,1-4H3,(H,41,43). The Hall–Kier alpha value is -4.11. The Morgan fingerprint density at radius 2 is 1.96 bits per heavy atom. The highest BCUT2D eigenvalue weighted by Gasteiger charge is 2.56. The molecule has 4 fully saturated rings. The molecule has 9 heteroatoms. The summed E-state index contributed by atoms with van der Waals surface area (Å²) in [6, 6.07) is 16.6. The molecule has 2 aromatic heterocycles. The molecular formula is C37H44FN7O. The number of piperazine rings is 1. The van der Waals surface area contributed by atoms with Gasteiger partial charge in [0.15, 0.2) is 5.96 Å². The summed E-state index contributed by atoms with van der Waals surface area (Å²) in [7, 11) is 0. The van der Waals surface area contributed by atoms with Gasteiger partial charge >= 0.3 is 0 Å². The minimum absolute atomic E-state index is 0.111. The van der Waals surface area contributed by atoms with E-state index in [1.54, 1.807) is 29.1 Å². The van der Waals surface area contributed by atoms with Crippen molar-refractivity contribution in [3.05, 3.63) is 88.7 Å². The van der Waals surface area contributed by atoms with E-state index >= 15 is 0 Å². The van der Waals surface area contributed by atoms with Gasteiger partial charge in [-0.25, -0.2) is 14.4 Å². The van der Waals surface area contributed by atoms with Crippen molar-refractivity contribution in [3.8, 4) is 11.4 Å². The van der Waals surface area contributed by atoms with Crippen molar-refractivity contribution in [2.75, 3.05) is 25.0 Å². The summed E-state index contributed by atoms with van der Waals surface area (Å²) < 4.78 is 15.2. The summed E-state index contributed by atoms with van der Waals surface area (Å²) in [5, 5.41) is 7.79. The third kappa shape index (κ3) is 5.81. The summed E-state index contributed by atoms with van der Waals surface area (Å²) in [5.74, 6) is 3.17. The largest absolute Gasteiger partial charge is 0.340 e. The molecular weight excluding hydrogens is 577 g/mol. The second-order valence-corrected chi connectivity index (χ2v) is 14.1. The molecule has 5 atom stereocenters. The maximum Gasteiger partial charge on any atom is 0.261 e. The lowest BCUT2D eigenvalue weighted by molar-refractivity contribution is -0.108. The molecule has 3 saturated carbocycles. The molecule has 3 aliphatic carbocycles. The summed E-state index contributed by atoms with van der Waals surface area (Å²) in [6.07, 6.45) is 6.47. The topological polar surface area (TPSA) is 87.4 Å². The molecule has 8 nitrogen and oxygen atoms in total. The number of hydrogen-bond donors (Lipinski definition) is 2. The van der Waals surface area contributed by atoms with Crippen molar-refractivity contribution in [1.82, 2.24) is 24.8 Å². The minimum Gasteiger partial charge on any atom is -0.340 e. The van der Waals surface area contributed by atoms with Crippen molar-refractivity contribution >= 4 is 22.5 Å². The van der Waals surface area contributed by atoms with Crippen LogP contribution in [0.1, 0.15) is 46.1 Å². The number of rotatable bonds is 6. The van der Waals surface area contributed by atoms with Gasteiger partial charge in [-0.1, -0.05) is 32.9 Å². The number of aromatic nitrogens is 3. The van der Waals surface area contributed by atoms with Gasteiger partial charge < -0.3 is 15.5 Å². The number of guanidine groups is 1. The Balaban J connectivity index is 1.23. The van der Waals surface area contributed by atoms with E-state index in [4.69, 9.17) is 9.98 Å². The number of benzene rings is 2. The van der Waals surface area contributed by atoms with Crippen molar-refractivity contribution < 1.29 is 4.39 Å². The van der Waals surface area contributed by atoms with Crippen LogP contribution in [0.3, 0.4) is 0 Å². The van der Waals surface area contributed by atoms with Gasteiger partial charge in [0.2, 0.25) is 0 Å². The molecule has 2 aromatic carbocycles. The number of nitrogens with one attached hydrogen (secondary N) is 2.